The lowest BCUT2D eigenvalue weighted by Crippen LogP contribution is -2.55. The van der Waals surface area contributed by atoms with Gasteiger partial charge >= 0.3 is 11.9 Å². The highest BCUT2D eigenvalue weighted by molar-refractivity contribution is 6.30. The van der Waals surface area contributed by atoms with Crippen molar-refractivity contribution in [3.63, 3.8) is 0 Å². The van der Waals surface area contributed by atoms with Gasteiger partial charge in [-0.25, -0.2) is 4.79 Å². The van der Waals surface area contributed by atoms with Crippen LogP contribution in [0.3, 0.4) is 0 Å². The Balaban J connectivity index is 2.35. The zero-order valence-electron chi connectivity index (χ0n) is 10.7. The molecular formula is C14H15ClO5. The summed E-state index contributed by atoms with van der Waals surface area (Å²) in [5.41, 5.74) is -1.71. The van der Waals surface area contributed by atoms with Gasteiger partial charge in [-0.2, -0.15) is 0 Å². The molecule has 0 aliphatic heterocycles. The lowest BCUT2D eigenvalue weighted by atomic mass is 9.75. The highest BCUT2D eigenvalue weighted by Crippen LogP contribution is 2.38. The van der Waals surface area contributed by atoms with Crippen LogP contribution in [0.5, 0.6) is 5.75 Å². The van der Waals surface area contributed by atoms with Crippen molar-refractivity contribution in [1.29, 1.82) is 0 Å². The third kappa shape index (κ3) is 2.72. The van der Waals surface area contributed by atoms with E-state index in [2.05, 4.69) is 0 Å². The molecule has 0 aromatic heterocycles. The largest absolute Gasteiger partial charge is 0.481 e. The molecule has 1 fully saturated rings. The predicted octanol–water partition coefficient (Wildman–Crippen LogP) is 2.82. The predicted molar refractivity (Wildman–Crippen MR) is 72.0 cm³/mol. The summed E-state index contributed by atoms with van der Waals surface area (Å²) in [5, 5.41) is 19.3. The number of ether oxygens (including phenoxy) is 1. The average molecular weight is 299 g/mol. The Kier molecular flexibility index (Phi) is 4.18. The van der Waals surface area contributed by atoms with Gasteiger partial charge in [0.15, 0.2) is 0 Å². The van der Waals surface area contributed by atoms with Gasteiger partial charge in [0.1, 0.15) is 11.7 Å². The summed E-state index contributed by atoms with van der Waals surface area (Å²) < 4.78 is 5.59. The molecule has 1 aliphatic rings. The fourth-order valence-electron chi connectivity index (χ4n) is 2.60. The third-order valence-electron chi connectivity index (χ3n) is 3.63. The number of carbonyl (C=O) groups is 2. The zero-order valence-corrected chi connectivity index (χ0v) is 11.5. The number of benzene rings is 1. The Morgan fingerprint density at radius 1 is 1.20 bits per heavy atom. The summed E-state index contributed by atoms with van der Waals surface area (Å²) in [7, 11) is 0. The number of aliphatic carboxylic acids is 2. The van der Waals surface area contributed by atoms with Gasteiger partial charge in [-0.1, -0.05) is 18.0 Å². The van der Waals surface area contributed by atoms with Gasteiger partial charge in [0.25, 0.3) is 0 Å². The van der Waals surface area contributed by atoms with Crippen LogP contribution in [-0.2, 0) is 9.59 Å². The van der Waals surface area contributed by atoms with Crippen LogP contribution in [0.15, 0.2) is 24.3 Å². The highest BCUT2D eigenvalue weighted by Gasteiger charge is 2.53. The SMILES string of the molecule is O=C(O)C1CCCCC1(Oc1ccc(Cl)cc1)C(=O)O. The number of carboxylic acids is 2. The molecule has 1 aliphatic carbocycles. The molecule has 1 saturated carbocycles. The fourth-order valence-corrected chi connectivity index (χ4v) is 2.73. The molecule has 108 valence electrons. The molecular weight excluding hydrogens is 284 g/mol. The smallest absolute Gasteiger partial charge is 0.348 e. The van der Waals surface area contributed by atoms with Crippen LogP contribution in [0.4, 0.5) is 0 Å². The quantitative estimate of drug-likeness (QED) is 0.893. The van der Waals surface area contributed by atoms with Crippen LogP contribution < -0.4 is 4.74 Å². The summed E-state index contributed by atoms with van der Waals surface area (Å²) in [6, 6.07) is 6.23. The van der Waals surface area contributed by atoms with E-state index in [1.165, 1.54) is 0 Å². The number of rotatable bonds is 4. The number of hydrogen-bond donors (Lipinski definition) is 2. The second kappa shape index (κ2) is 5.71. The van der Waals surface area contributed by atoms with Gasteiger partial charge in [0.05, 0.1) is 0 Å². The van der Waals surface area contributed by atoms with E-state index in [4.69, 9.17) is 16.3 Å². The van der Waals surface area contributed by atoms with Crippen molar-refractivity contribution in [1.82, 2.24) is 0 Å². The normalized spacial score (nSPS) is 25.9. The molecule has 0 saturated heterocycles. The molecule has 2 unspecified atom stereocenters. The molecule has 1 aromatic rings. The molecule has 2 N–H and O–H groups in total. The van der Waals surface area contributed by atoms with Crippen LogP contribution in [-0.4, -0.2) is 27.8 Å². The third-order valence-corrected chi connectivity index (χ3v) is 3.88. The van der Waals surface area contributed by atoms with E-state index in [1.807, 2.05) is 0 Å². The molecule has 2 rings (SSSR count). The second-order valence-electron chi connectivity index (χ2n) is 4.89. The Labute approximate surface area is 121 Å². The number of hydrogen-bond acceptors (Lipinski definition) is 3. The van der Waals surface area contributed by atoms with E-state index in [0.717, 1.165) is 0 Å². The second-order valence-corrected chi connectivity index (χ2v) is 5.32. The topological polar surface area (TPSA) is 83.8 Å². The van der Waals surface area contributed by atoms with Crippen LogP contribution >= 0.6 is 11.6 Å². The summed E-state index contributed by atoms with van der Waals surface area (Å²) >= 11 is 5.76. The lowest BCUT2D eigenvalue weighted by molar-refractivity contribution is -0.174. The summed E-state index contributed by atoms with van der Waals surface area (Å²) in [4.78, 5) is 23.0. The fraction of sp³-hybridized carbons (Fsp3) is 0.429. The van der Waals surface area contributed by atoms with Crippen LogP contribution in [0.25, 0.3) is 0 Å². The van der Waals surface area contributed by atoms with Crippen molar-refractivity contribution >= 4 is 23.5 Å². The Hall–Kier alpha value is -1.75. The van der Waals surface area contributed by atoms with Crippen LogP contribution in [0, 0.1) is 5.92 Å². The van der Waals surface area contributed by atoms with Gasteiger partial charge in [-0.05, 0) is 43.5 Å². The van der Waals surface area contributed by atoms with E-state index in [-0.39, 0.29) is 6.42 Å². The molecule has 2 atom stereocenters. The monoisotopic (exact) mass is 298 g/mol. The molecule has 5 nitrogen and oxygen atoms in total. The zero-order chi connectivity index (χ0) is 14.8. The highest BCUT2D eigenvalue weighted by atomic mass is 35.5. The van der Waals surface area contributed by atoms with Crippen molar-refractivity contribution < 1.29 is 24.5 Å². The molecule has 0 radical (unpaired) electrons. The Bertz CT molecular complexity index is 513. The minimum atomic E-state index is -1.71. The van der Waals surface area contributed by atoms with Gasteiger partial charge in [0.2, 0.25) is 5.60 Å². The lowest BCUT2D eigenvalue weighted by Gasteiger charge is -2.38. The molecule has 1 aromatic carbocycles. The van der Waals surface area contributed by atoms with Crippen LogP contribution in [0.2, 0.25) is 5.02 Å². The van der Waals surface area contributed by atoms with Gasteiger partial charge in [-0.3, -0.25) is 4.79 Å². The van der Waals surface area contributed by atoms with Gasteiger partial charge in [-0.15, -0.1) is 0 Å². The van der Waals surface area contributed by atoms with Crippen molar-refractivity contribution in [3.8, 4) is 5.75 Å². The van der Waals surface area contributed by atoms with E-state index in [0.29, 0.717) is 30.0 Å². The van der Waals surface area contributed by atoms with Crippen molar-refractivity contribution in [2.45, 2.75) is 31.3 Å². The van der Waals surface area contributed by atoms with Crippen LogP contribution in [0.1, 0.15) is 25.7 Å². The first-order valence-electron chi connectivity index (χ1n) is 6.36. The maximum Gasteiger partial charge on any atom is 0.348 e. The maximum absolute atomic E-state index is 11.6. The first kappa shape index (κ1) is 14.7. The molecule has 0 spiro atoms. The van der Waals surface area contributed by atoms with Gasteiger partial charge < -0.3 is 14.9 Å². The van der Waals surface area contributed by atoms with E-state index in [9.17, 15) is 19.8 Å². The van der Waals surface area contributed by atoms with Crippen molar-refractivity contribution in [2.75, 3.05) is 0 Å². The summed E-state index contributed by atoms with van der Waals surface area (Å²) in [6.45, 7) is 0. The Morgan fingerprint density at radius 2 is 1.85 bits per heavy atom. The van der Waals surface area contributed by atoms with Crippen molar-refractivity contribution in [2.24, 2.45) is 5.92 Å². The molecule has 0 amide bonds. The number of halogens is 1. The standard InChI is InChI=1S/C14H15ClO5/c15-9-4-6-10(7-5-9)20-14(13(18)19)8-2-1-3-11(14)12(16)17/h4-7,11H,1-3,8H2,(H,16,17)(H,18,19). The molecule has 0 heterocycles. The Morgan fingerprint density at radius 3 is 2.40 bits per heavy atom. The molecule has 20 heavy (non-hydrogen) atoms. The molecule has 6 heteroatoms. The minimum Gasteiger partial charge on any atom is -0.481 e. The number of carboxylic acid groups (broad SMARTS) is 2. The summed E-state index contributed by atoms with van der Waals surface area (Å²) in [5.74, 6) is -3.12. The average Bonchev–Trinajstić information content (AvgIpc) is 2.41. The van der Waals surface area contributed by atoms with Crippen molar-refractivity contribution in [3.05, 3.63) is 29.3 Å². The molecule has 0 bridgehead atoms. The summed E-state index contributed by atoms with van der Waals surface area (Å²) in [6.07, 6.45) is 1.80. The minimum absolute atomic E-state index is 0.182. The van der Waals surface area contributed by atoms with E-state index < -0.39 is 23.5 Å². The van der Waals surface area contributed by atoms with E-state index in [1.54, 1.807) is 24.3 Å². The first-order valence-corrected chi connectivity index (χ1v) is 6.74. The first-order chi connectivity index (χ1) is 9.45. The maximum atomic E-state index is 11.6. The van der Waals surface area contributed by atoms with Gasteiger partial charge in [0, 0.05) is 5.02 Å². The van der Waals surface area contributed by atoms with E-state index >= 15 is 0 Å².